The highest BCUT2D eigenvalue weighted by molar-refractivity contribution is 5.97. The van der Waals surface area contributed by atoms with Crippen molar-refractivity contribution in [2.75, 3.05) is 0 Å². The topological polar surface area (TPSA) is 49.4 Å². The van der Waals surface area contributed by atoms with Crippen LogP contribution in [0.15, 0.2) is 0 Å². The fourth-order valence-electron chi connectivity index (χ4n) is 3.14. The Morgan fingerprint density at radius 2 is 1.70 bits per heavy atom. The van der Waals surface area contributed by atoms with E-state index in [1.807, 2.05) is 18.7 Å². The number of rotatable bonds is 6. The van der Waals surface area contributed by atoms with Crippen LogP contribution in [0.4, 0.5) is 0 Å². The van der Waals surface area contributed by atoms with E-state index in [9.17, 15) is 9.59 Å². The first-order valence-electron chi connectivity index (χ1n) is 8.01. The lowest BCUT2D eigenvalue weighted by molar-refractivity contribution is -0.155. The lowest BCUT2D eigenvalue weighted by Crippen LogP contribution is -2.67. The standard InChI is InChI=1S/C16H30N2O2/c1-7-11(6)14-16(20)18(12(8-2)10(4)5)13(9-3)15(19)17-14/h10-14H,7-9H2,1-6H3,(H,17,19). The number of carbonyl (C=O) groups excluding carboxylic acids is 2. The molecule has 1 fully saturated rings. The molecule has 1 saturated heterocycles. The van der Waals surface area contributed by atoms with Crippen molar-refractivity contribution in [1.82, 2.24) is 10.2 Å². The minimum atomic E-state index is -0.358. The lowest BCUT2D eigenvalue weighted by Gasteiger charge is -2.45. The Morgan fingerprint density at radius 3 is 2.10 bits per heavy atom. The minimum absolute atomic E-state index is 0.0106. The van der Waals surface area contributed by atoms with E-state index in [0.29, 0.717) is 12.3 Å². The molecule has 1 rings (SSSR count). The summed E-state index contributed by atoms with van der Waals surface area (Å²) >= 11 is 0. The number of amides is 2. The maximum Gasteiger partial charge on any atom is 0.246 e. The van der Waals surface area contributed by atoms with Gasteiger partial charge in [-0.1, -0.05) is 48.0 Å². The van der Waals surface area contributed by atoms with Crippen LogP contribution >= 0.6 is 0 Å². The molecular weight excluding hydrogens is 252 g/mol. The molecule has 0 aliphatic carbocycles. The molecule has 0 aromatic heterocycles. The normalized spacial score (nSPS) is 26.6. The summed E-state index contributed by atoms with van der Waals surface area (Å²) in [5.41, 5.74) is 0. The quantitative estimate of drug-likeness (QED) is 0.814. The number of hydrogen-bond donors (Lipinski definition) is 1. The molecule has 0 aromatic carbocycles. The molecule has 1 heterocycles. The summed E-state index contributed by atoms with van der Waals surface area (Å²) in [4.78, 5) is 27.1. The minimum Gasteiger partial charge on any atom is -0.342 e. The van der Waals surface area contributed by atoms with E-state index in [-0.39, 0.29) is 35.9 Å². The van der Waals surface area contributed by atoms with Crippen LogP contribution in [-0.2, 0) is 9.59 Å². The zero-order valence-corrected chi connectivity index (χ0v) is 13.8. The van der Waals surface area contributed by atoms with Crippen LogP contribution in [0.1, 0.15) is 60.8 Å². The molecule has 4 atom stereocenters. The first-order chi connectivity index (χ1) is 9.38. The maximum absolute atomic E-state index is 12.9. The van der Waals surface area contributed by atoms with Crippen LogP contribution in [0.2, 0.25) is 0 Å². The predicted molar refractivity (Wildman–Crippen MR) is 81.2 cm³/mol. The van der Waals surface area contributed by atoms with Crippen LogP contribution in [0, 0.1) is 11.8 Å². The van der Waals surface area contributed by atoms with Gasteiger partial charge >= 0.3 is 0 Å². The van der Waals surface area contributed by atoms with Gasteiger partial charge in [-0.05, 0) is 24.7 Å². The molecule has 0 saturated carbocycles. The van der Waals surface area contributed by atoms with E-state index >= 15 is 0 Å². The van der Waals surface area contributed by atoms with Gasteiger partial charge in [-0.3, -0.25) is 9.59 Å². The molecule has 1 N–H and O–H groups in total. The largest absolute Gasteiger partial charge is 0.342 e. The average molecular weight is 282 g/mol. The maximum atomic E-state index is 12.9. The van der Waals surface area contributed by atoms with Gasteiger partial charge in [-0.25, -0.2) is 0 Å². The molecule has 1 aliphatic heterocycles. The SMILES string of the molecule is CCC(C)C1NC(=O)C(CC)N(C(CC)C(C)C)C1=O. The van der Waals surface area contributed by atoms with Crippen LogP contribution in [-0.4, -0.2) is 34.8 Å². The second-order valence-electron chi connectivity index (χ2n) is 6.26. The molecule has 0 radical (unpaired) electrons. The highest BCUT2D eigenvalue weighted by atomic mass is 16.2. The van der Waals surface area contributed by atoms with Gasteiger partial charge in [-0.15, -0.1) is 0 Å². The highest BCUT2D eigenvalue weighted by Gasteiger charge is 2.44. The van der Waals surface area contributed by atoms with Gasteiger partial charge < -0.3 is 10.2 Å². The zero-order valence-electron chi connectivity index (χ0n) is 13.8. The van der Waals surface area contributed by atoms with Crippen molar-refractivity contribution in [2.45, 2.75) is 78.9 Å². The molecule has 4 heteroatoms. The van der Waals surface area contributed by atoms with E-state index < -0.39 is 0 Å². The van der Waals surface area contributed by atoms with Gasteiger partial charge in [0.2, 0.25) is 11.8 Å². The van der Waals surface area contributed by atoms with E-state index in [0.717, 1.165) is 12.8 Å². The third kappa shape index (κ3) is 3.15. The average Bonchev–Trinajstić information content (AvgIpc) is 2.41. The third-order valence-corrected chi connectivity index (χ3v) is 4.60. The molecule has 1 aliphatic rings. The van der Waals surface area contributed by atoms with Gasteiger partial charge in [0.1, 0.15) is 12.1 Å². The number of nitrogens with one attached hydrogen (secondary N) is 1. The predicted octanol–water partition coefficient (Wildman–Crippen LogP) is 2.57. The first-order valence-corrected chi connectivity index (χ1v) is 8.01. The number of piperazine rings is 1. The summed E-state index contributed by atoms with van der Waals surface area (Å²) in [6.07, 6.45) is 2.45. The Morgan fingerprint density at radius 1 is 1.10 bits per heavy atom. The molecule has 116 valence electrons. The van der Waals surface area contributed by atoms with Crippen molar-refractivity contribution in [1.29, 1.82) is 0 Å². The smallest absolute Gasteiger partial charge is 0.246 e. The van der Waals surface area contributed by atoms with Crippen molar-refractivity contribution < 1.29 is 9.59 Å². The first kappa shape index (κ1) is 17.0. The Labute approximate surface area is 123 Å². The van der Waals surface area contributed by atoms with Crippen LogP contribution in [0.5, 0.6) is 0 Å². The Balaban J connectivity index is 3.12. The highest BCUT2D eigenvalue weighted by Crippen LogP contribution is 2.26. The van der Waals surface area contributed by atoms with E-state index in [4.69, 9.17) is 0 Å². The van der Waals surface area contributed by atoms with Crippen molar-refractivity contribution in [3.63, 3.8) is 0 Å². The summed E-state index contributed by atoms with van der Waals surface area (Å²) in [6, 6.07) is -0.525. The second kappa shape index (κ2) is 7.09. The number of carbonyl (C=O) groups is 2. The molecule has 4 nitrogen and oxygen atoms in total. The van der Waals surface area contributed by atoms with E-state index in [1.54, 1.807) is 0 Å². The van der Waals surface area contributed by atoms with Crippen LogP contribution in [0.25, 0.3) is 0 Å². The Kier molecular flexibility index (Phi) is 6.03. The molecule has 20 heavy (non-hydrogen) atoms. The lowest BCUT2D eigenvalue weighted by atomic mass is 9.89. The number of hydrogen-bond acceptors (Lipinski definition) is 2. The number of nitrogens with zero attached hydrogens (tertiary/aromatic N) is 1. The summed E-state index contributed by atoms with van der Waals surface area (Å²) in [7, 11) is 0. The molecular formula is C16H30N2O2. The Bertz CT molecular complexity index is 354. The summed E-state index contributed by atoms with van der Waals surface area (Å²) in [5, 5.41) is 2.94. The fraction of sp³-hybridized carbons (Fsp3) is 0.875. The van der Waals surface area contributed by atoms with Crippen molar-refractivity contribution in [3.05, 3.63) is 0 Å². The molecule has 2 amide bonds. The zero-order chi connectivity index (χ0) is 15.4. The van der Waals surface area contributed by atoms with Crippen LogP contribution < -0.4 is 5.32 Å². The third-order valence-electron chi connectivity index (χ3n) is 4.60. The van der Waals surface area contributed by atoms with Gasteiger partial charge in [0, 0.05) is 6.04 Å². The van der Waals surface area contributed by atoms with Gasteiger partial charge in [0.05, 0.1) is 0 Å². The summed E-state index contributed by atoms with van der Waals surface area (Å²) in [5.74, 6) is 0.653. The van der Waals surface area contributed by atoms with Crippen molar-refractivity contribution in [2.24, 2.45) is 11.8 Å². The Hall–Kier alpha value is -1.06. The molecule has 0 aromatic rings. The van der Waals surface area contributed by atoms with Gasteiger partial charge in [-0.2, -0.15) is 0 Å². The molecule has 0 spiro atoms. The van der Waals surface area contributed by atoms with Crippen molar-refractivity contribution >= 4 is 11.8 Å². The van der Waals surface area contributed by atoms with Crippen LogP contribution in [0.3, 0.4) is 0 Å². The monoisotopic (exact) mass is 282 g/mol. The molecule has 0 bridgehead atoms. The van der Waals surface area contributed by atoms with E-state index in [1.165, 1.54) is 0 Å². The molecule has 4 unspecified atom stereocenters. The second-order valence-corrected chi connectivity index (χ2v) is 6.26. The summed E-state index contributed by atoms with van der Waals surface area (Å²) < 4.78 is 0. The van der Waals surface area contributed by atoms with E-state index in [2.05, 4.69) is 33.0 Å². The fourth-order valence-corrected chi connectivity index (χ4v) is 3.14. The van der Waals surface area contributed by atoms with Gasteiger partial charge in [0.25, 0.3) is 0 Å². The van der Waals surface area contributed by atoms with Crippen molar-refractivity contribution in [3.8, 4) is 0 Å². The summed E-state index contributed by atoms with van der Waals surface area (Å²) in [6.45, 7) is 12.4. The van der Waals surface area contributed by atoms with Gasteiger partial charge in [0.15, 0.2) is 0 Å².